The molecule has 2 N–H and O–H groups in total. The van der Waals surface area contributed by atoms with Crippen LogP contribution in [0.4, 0.5) is 0 Å². The molecule has 0 aromatic carbocycles. The van der Waals surface area contributed by atoms with Gasteiger partial charge in [-0.3, -0.25) is 0 Å². The molecule has 11 heavy (non-hydrogen) atoms. The van der Waals surface area contributed by atoms with Crippen LogP contribution in [0.2, 0.25) is 0 Å². The summed E-state index contributed by atoms with van der Waals surface area (Å²) >= 11 is 0. The quantitative estimate of drug-likeness (QED) is 0.650. The van der Waals surface area contributed by atoms with Gasteiger partial charge in [0.15, 0.2) is 6.29 Å². The molecular weight excluding hydrogens is 142 g/mol. The maximum Gasteiger partial charge on any atom is 0.158 e. The molecule has 0 aromatic heterocycles. The number of nitrogens with two attached hydrogens (primary N) is 1. The highest BCUT2D eigenvalue weighted by atomic mass is 16.7. The fourth-order valence-electron chi connectivity index (χ4n) is 1.16. The molecule has 1 aliphatic rings. The van der Waals surface area contributed by atoms with E-state index in [0.29, 0.717) is 6.61 Å². The van der Waals surface area contributed by atoms with Gasteiger partial charge in [0.1, 0.15) is 0 Å². The van der Waals surface area contributed by atoms with Gasteiger partial charge in [-0.15, -0.1) is 0 Å². The van der Waals surface area contributed by atoms with E-state index in [1.807, 2.05) is 13.8 Å². The summed E-state index contributed by atoms with van der Waals surface area (Å²) < 4.78 is 10.8. The van der Waals surface area contributed by atoms with Crippen LogP contribution in [0, 0.1) is 0 Å². The molecule has 66 valence electrons. The van der Waals surface area contributed by atoms with Crippen LogP contribution < -0.4 is 5.73 Å². The zero-order chi connectivity index (χ0) is 8.27. The standard InChI is InChI=1S/C8H17NO2/c1-6(2)11-8-4-3-7(9)5-10-8/h6-8H,3-5,9H2,1-2H3. The lowest BCUT2D eigenvalue weighted by molar-refractivity contribution is -0.184. The number of hydrogen-bond acceptors (Lipinski definition) is 3. The summed E-state index contributed by atoms with van der Waals surface area (Å²) in [6, 6.07) is 0.210. The minimum atomic E-state index is -0.0187. The first-order chi connectivity index (χ1) is 5.18. The van der Waals surface area contributed by atoms with Crippen molar-refractivity contribution in [1.82, 2.24) is 0 Å². The van der Waals surface area contributed by atoms with E-state index in [0.717, 1.165) is 12.8 Å². The van der Waals surface area contributed by atoms with Gasteiger partial charge in [-0.25, -0.2) is 0 Å². The predicted octanol–water partition coefficient (Wildman–Crippen LogP) is 0.875. The van der Waals surface area contributed by atoms with Gasteiger partial charge in [-0.1, -0.05) is 0 Å². The molecule has 0 aliphatic carbocycles. The van der Waals surface area contributed by atoms with Crippen molar-refractivity contribution in [2.75, 3.05) is 6.61 Å². The van der Waals surface area contributed by atoms with Crippen LogP contribution in [-0.2, 0) is 9.47 Å². The second-order valence-corrected chi connectivity index (χ2v) is 3.29. The van der Waals surface area contributed by atoms with Gasteiger partial charge in [-0.05, 0) is 26.7 Å². The number of rotatable bonds is 2. The fraction of sp³-hybridized carbons (Fsp3) is 1.00. The molecule has 1 rings (SSSR count). The van der Waals surface area contributed by atoms with Crippen molar-refractivity contribution in [2.24, 2.45) is 5.73 Å². The van der Waals surface area contributed by atoms with E-state index in [9.17, 15) is 0 Å². The summed E-state index contributed by atoms with van der Waals surface area (Å²) in [5, 5.41) is 0. The third-order valence-electron chi connectivity index (χ3n) is 1.69. The van der Waals surface area contributed by atoms with E-state index < -0.39 is 0 Å². The molecule has 1 aliphatic heterocycles. The molecule has 1 heterocycles. The van der Waals surface area contributed by atoms with Gasteiger partial charge in [0.25, 0.3) is 0 Å². The Bertz CT molecular complexity index is 109. The van der Waals surface area contributed by atoms with Crippen LogP contribution in [-0.4, -0.2) is 25.0 Å². The molecular formula is C8H17NO2. The van der Waals surface area contributed by atoms with E-state index in [4.69, 9.17) is 15.2 Å². The monoisotopic (exact) mass is 159 g/mol. The molecule has 2 atom stereocenters. The molecule has 1 fully saturated rings. The predicted molar refractivity (Wildman–Crippen MR) is 43.2 cm³/mol. The van der Waals surface area contributed by atoms with Crippen molar-refractivity contribution < 1.29 is 9.47 Å². The Morgan fingerprint density at radius 2 is 2.18 bits per heavy atom. The molecule has 3 heteroatoms. The van der Waals surface area contributed by atoms with Crippen molar-refractivity contribution in [3.63, 3.8) is 0 Å². The zero-order valence-electron chi connectivity index (χ0n) is 7.25. The van der Waals surface area contributed by atoms with Crippen molar-refractivity contribution in [2.45, 2.75) is 45.1 Å². The Kier molecular flexibility index (Phi) is 3.30. The minimum Gasteiger partial charge on any atom is -0.351 e. The highest BCUT2D eigenvalue weighted by molar-refractivity contribution is 4.67. The normalized spacial score (nSPS) is 32.7. The lowest BCUT2D eigenvalue weighted by Crippen LogP contribution is -2.37. The molecule has 3 nitrogen and oxygen atoms in total. The highest BCUT2D eigenvalue weighted by Gasteiger charge is 2.19. The first-order valence-corrected chi connectivity index (χ1v) is 4.21. The topological polar surface area (TPSA) is 44.5 Å². The summed E-state index contributed by atoms with van der Waals surface area (Å²) in [6.45, 7) is 4.66. The molecule has 0 saturated carbocycles. The van der Waals surface area contributed by atoms with Crippen molar-refractivity contribution in [3.8, 4) is 0 Å². The van der Waals surface area contributed by atoms with E-state index in [1.54, 1.807) is 0 Å². The van der Waals surface area contributed by atoms with Crippen molar-refractivity contribution in [3.05, 3.63) is 0 Å². The third kappa shape index (κ3) is 3.18. The van der Waals surface area contributed by atoms with Crippen LogP contribution in [0.1, 0.15) is 26.7 Å². The van der Waals surface area contributed by atoms with Crippen LogP contribution in [0.25, 0.3) is 0 Å². The van der Waals surface area contributed by atoms with Gasteiger partial charge in [-0.2, -0.15) is 0 Å². The first-order valence-electron chi connectivity index (χ1n) is 4.21. The van der Waals surface area contributed by atoms with E-state index in [1.165, 1.54) is 0 Å². The summed E-state index contributed by atoms with van der Waals surface area (Å²) in [5.41, 5.74) is 5.65. The Labute approximate surface area is 67.9 Å². The van der Waals surface area contributed by atoms with Crippen LogP contribution in [0.15, 0.2) is 0 Å². The molecule has 0 radical (unpaired) electrons. The van der Waals surface area contributed by atoms with Crippen LogP contribution in [0.3, 0.4) is 0 Å². The maximum atomic E-state index is 5.65. The van der Waals surface area contributed by atoms with Crippen molar-refractivity contribution >= 4 is 0 Å². The average Bonchev–Trinajstić information content (AvgIpc) is 1.93. The maximum absolute atomic E-state index is 5.65. The summed E-state index contributed by atoms with van der Waals surface area (Å²) in [7, 11) is 0. The van der Waals surface area contributed by atoms with Gasteiger partial charge in [0.2, 0.25) is 0 Å². The molecule has 0 amide bonds. The Morgan fingerprint density at radius 1 is 1.45 bits per heavy atom. The Hall–Kier alpha value is -0.120. The molecule has 0 spiro atoms. The summed E-state index contributed by atoms with van der Waals surface area (Å²) in [6.07, 6.45) is 2.17. The summed E-state index contributed by atoms with van der Waals surface area (Å²) in [5.74, 6) is 0. The van der Waals surface area contributed by atoms with Crippen molar-refractivity contribution in [1.29, 1.82) is 0 Å². The molecule has 0 bridgehead atoms. The zero-order valence-corrected chi connectivity index (χ0v) is 7.25. The molecule has 0 aromatic rings. The number of ether oxygens (including phenoxy) is 2. The first kappa shape index (κ1) is 8.97. The molecule has 1 saturated heterocycles. The third-order valence-corrected chi connectivity index (χ3v) is 1.69. The van der Waals surface area contributed by atoms with E-state index in [2.05, 4.69) is 0 Å². The summed E-state index contributed by atoms with van der Waals surface area (Å²) in [4.78, 5) is 0. The van der Waals surface area contributed by atoms with E-state index >= 15 is 0 Å². The van der Waals surface area contributed by atoms with Gasteiger partial charge < -0.3 is 15.2 Å². The van der Waals surface area contributed by atoms with Gasteiger partial charge in [0, 0.05) is 6.04 Å². The Balaban J connectivity index is 2.17. The largest absolute Gasteiger partial charge is 0.351 e. The van der Waals surface area contributed by atoms with Crippen LogP contribution >= 0.6 is 0 Å². The second-order valence-electron chi connectivity index (χ2n) is 3.29. The SMILES string of the molecule is CC(C)OC1CCC(N)CO1. The minimum absolute atomic E-state index is 0.0187. The lowest BCUT2D eigenvalue weighted by atomic mass is 10.1. The molecule has 2 unspecified atom stereocenters. The number of hydrogen-bond donors (Lipinski definition) is 1. The van der Waals surface area contributed by atoms with Gasteiger partial charge >= 0.3 is 0 Å². The second kappa shape index (κ2) is 4.04. The van der Waals surface area contributed by atoms with E-state index in [-0.39, 0.29) is 18.4 Å². The van der Waals surface area contributed by atoms with Crippen LogP contribution in [0.5, 0.6) is 0 Å². The highest BCUT2D eigenvalue weighted by Crippen LogP contribution is 2.14. The average molecular weight is 159 g/mol. The smallest absolute Gasteiger partial charge is 0.158 e. The lowest BCUT2D eigenvalue weighted by Gasteiger charge is -2.27. The Morgan fingerprint density at radius 3 is 2.64 bits per heavy atom. The van der Waals surface area contributed by atoms with Gasteiger partial charge in [0.05, 0.1) is 12.7 Å². The fourth-order valence-corrected chi connectivity index (χ4v) is 1.16.